The number of imide groups is 1. The van der Waals surface area contributed by atoms with Crippen molar-refractivity contribution in [1.82, 2.24) is 10.2 Å². The molecule has 0 heterocycles. The summed E-state index contributed by atoms with van der Waals surface area (Å²) in [5.41, 5.74) is 3.81. The van der Waals surface area contributed by atoms with E-state index in [0.29, 0.717) is 18.8 Å². The van der Waals surface area contributed by atoms with Gasteiger partial charge in [-0.25, -0.2) is 4.79 Å². The average molecular weight is 383 g/mol. The van der Waals surface area contributed by atoms with Crippen molar-refractivity contribution in [2.45, 2.75) is 40.3 Å². The van der Waals surface area contributed by atoms with Crippen LogP contribution in [0.4, 0.5) is 10.5 Å². The van der Waals surface area contributed by atoms with Crippen LogP contribution in [-0.2, 0) is 11.3 Å². The lowest BCUT2D eigenvalue weighted by molar-refractivity contribution is -0.124. The Morgan fingerprint density at radius 3 is 2.39 bits per heavy atom. The SMILES string of the molecule is CCOc1ccc(CN(C)C(C)C(=O)NC(=O)Nc2ccc(C)cc2C)cc1. The molecule has 0 aliphatic heterocycles. The molecular formula is C22H29N3O3. The normalized spacial score (nSPS) is 11.8. The number of aryl methyl sites for hydroxylation is 2. The minimum atomic E-state index is -0.529. The van der Waals surface area contributed by atoms with Crippen molar-refractivity contribution in [3.05, 3.63) is 59.2 Å². The Labute approximate surface area is 166 Å². The van der Waals surface area contributed by atoms with Crippen molar-refractivity contribution >= 4 is 17.6 Å². The number of benzene rings is 2. The quantitative estimate of drug-likeness (QED) is 0.761. The van der Waals surface area contributed by atoms with Crippen molar-refractivity contribution in [2.75, 3.05) is 19.0 Å². The summed E-state index contributed by atoms with van der Waals surface area (Å²) < 4.78 is 5.44. The number of anilines is 1. The fourth-order valence-corrected chi connectivity index (χ4v) is 2.81. The minimum absolute atomic E-state index is 0.351. The lowest BCUT2D eigenvalue weighted by Gasteiger charge is -2.23. The number of hydrogen-bond donors (Lipinski definition) is 2. The Morgan fingerprint density at radius 1 is 1.11 bits per heavy atom. The summed E-state index contributed by atoms with van der Waals surface area (Å²) in [7, 11) is 1.85. The third kappa shape index (κ3) is 6.09. The van der Waals surface area contributed by atoms with E-state index in [4.69, 9.17) is 4.74 Å². The molecule has 0 fully saturated rings. The standard InChI is InChI=1S/C22H29N3O3/c1-6-28-19-10-8-18(9-11-19)14-25(5)17(4)21(26)24-22(27)23-20-12-7-15(2)13-16(20)3/h7-13,17H,6,14H2,1-5H3,(H2,23,24,26,27). The van der Waals surface area contributed by atoms with Crippen LogP contribution >= 0.6 is 0 Å². The molecule has 2 rings (SSSR count). The summed E-state index contributed by atoms with van der Waals surface area (Å²) in [6.07, 6.45) is 0. The van der Waals surface area contributed by atoms with Crippen LogP contribution in [0.15, 0.2) is 42.5 Å². The Balaban J connectivity index is 1.88. The Hall–Kier alpha value is -2.86. The number of nitrogens with one attached hydrogen (secondary N) is 2. The molecular weight excluding hydrogens is 354 g/mol. The summed E-state index contributed by atoms with van der Waals surface area (Å²) in [4.78, 5) is 26.5. The zero-order chi connectivity index (χ0) is 20.7. The second-order valence-corrected chi connectivity index (χ2v) is 6.93. The third-order valence-corrected chi connectivity index (χ3v) is 4.57. The van der Waals surface area contributed by atoms with Crippen molar-refractivity contribution in [3.8, 4) is 5.75 Å². The first-order chi connectivity index (χ1) is 13.3. The summed E-state index contributed by atoms with van der Waals surface area (Å²) >= 11 is 0. The highest BCUT2D eigenvalue weighted by atomic mass is 16.5. The van der Waals surface area contributed by atoms with E-state index in [1.165, 1.54) is 0 Å². The molecule has 150 valence electrons. The molecule has 2 N–H and O–H groups in total. The van der Waals surface area contributed by atoms with Gasteiger partial charge in [0.05, 0.1) is 12.6 Å². The maximum Gasteiger partial charge on any atom is 0.325 e. The van der Waals surface area contributed by atoms with E-state index < -0.39 is 12.1 Å². The van der Waals surface area contributed by atoms with E-state index in [9.17, 15) is 9.59 Å². The molecule has 0 aliphatic carbocycles. The molecule has 0 saturated heterocycles. The Morgan fingerprint density at radius 2 is 1.79 bits per heavy atom. The number of nitrogens with zero attached hydrogens (tertiary/aromatic N) is 1. The number of carbonyl (C=O) groups excluding carboxylic acids is 2. The molecule has 3 amide bonds. The van der Waals surface area contributed by atoms with Crippen LogP contribution in [0.3, 0.4) is 0 Å². The smallest absolute Gasteiger partial charge is 0.325 e. The highest BCUT2D eigenvalue weighted by Gasteiger charge is 2.20. The topological polar surface area (TPSA) is 70.7 Å². The zero-order valence-electron chi connectivity index (χ0n) is 17.2. The van der Waals surface area contributed by atoms with E-state index in [2.05, 4.69) is 10.6 Å². The van der Waals surface area contributed by atoms with E-state index >= 15 is 0 Å². The van der Waals surface area contributed by atoms with Gasteiger partial charge in [-0.15, -0.1) is 0 Å². The monoisotopic (exact) mass is 383 g/mol. The average Bonchev–Trinajstić information content (AvgIpc) is 2.65. The molecule has 2 aromatic rings. The highest BCUT2D eigenvalue weighted by molar-refractivity contribution is 6.03. The second kappa shape index (κ2) is 9.90. The van der Waals surface area contributed by atoms with Crippen molar-refractivity contribution < 1.29 is 14.3 Å². The van der Waals surface area contributed by atoms with Crippen LogP contribution in [0.5, 0.6) is 5.75 Å². The van der Waals surface area contributed by atoms with E-state index in [0.717, 1.165) is 22.4 Å². The zero-order valence-corrected chi connectivity index (χ0v) is 17.2. The number of hydrogen-bond acceptors (Lipinski definition) is 4. The predicted molar refractivity (Wildman–Crippen MR) is 112 cm³/mol. The van der Waals surface area contributed by atoms with Crippen LogP contribution in [0, 0.1) is 13.8 Å². The van der Waals surface area contributed by atoms with Gasteiger partial charge in [0, 0.05) is 12.2 Å². The summed E-state index contributed by atoms with van der Waals surface area (Å²) in [6.45, 7) is 8.83. The van der Waals surface area contributed by atoms with E-state index in [-0.39, 0.29) is 5.91 Å². The van der Waals surface area contributed by atoms with E-state index in [1.807, 2.05) is 75.2 Å². The van der Waals surface area contributed by atoms with Gasteiger partial charge in [-0.3, -0.25) is 15.0 Å². The molecule has 0 bridgehead atoms. The number of urea groups is 1. The molecule has 6 nitrogen and oxygen atoms in total. The van der Waals surface area contributed by atoms with Gasteiger partial charge in [-0.2, -0.15) is 0 Å². The summed E-state index contributed by atoms with van der Waals surface area (Å²) in [6, 6.07) is 12.5. The fourth-order valence-electron chi connectivity index (χ4n) is 2.81. The van der Waals surface area contributed by atoms with Crippen LogP contribution in [-0.4, -0.2) is 36.5 Å². The number of amides is 3. The van der Waals surface area contributed by atoms with Crippen LogP contribution in [0.2, 0.25) is 0 Å². The lowest BCUT2D eigenvalue weighted by atomic mass is 10.1. The molecule has 0 saturated carbocycles. The van der Waals surface area contributed by atoms with Gasteiger partial charge in [0.1, 0.15) is 5.75 Å². The molecule has 0 radical (unpaired) electrons. The van der Waals surface area contributed by atoms with Crippen LogP contribution in [0.1, 0.15) is 30.5 Å². The van der Waals surface area contributed by atoms with Crippen LogP contribution in [0.25, 0.3) is 0 Å². The molecule has 2 aromatic carbocycles. The highest BCUT2D eigenvalue weighted by Crippen LogP contribution is 2.16. The molecule has 6 heteroatoms. The van der Waals surface area contributed by atoms with Gasteiger partial charge in [0.15, 0.2) is 0 Å². The third-order valence-electron chi connectivity index (χ3n) is 4.57. The second-order valence-electron chi connectivity index (χ2n) is 6.93. The summed E-state index contributed by atoms with van der Waals surface area (Å²) in [5.74, 6) is 0.471. The molecule has 1 atom stereocenters. The van der Waals surface area contributed by atoms with Gasteiger partial charge in [0.2, 0.25) is 5.91 Å². The predicted octanol–water partition coefficient (Wildman–Crippen LogP) is 3.87. The van der Waals surface area contributed by atoms with Gasteiger partial charge < -0.3 is 10.1 Å². The first-order valence-corrected chi connectivity index (χ1v) is 9.41. The number of likely N-dealkylation sites (N-methyl/N-ethyl adjacent to an activating group) is 1. The lowest BCUT2D eigenvalue weighted by Crippen LogP contribution is -2.46. The summed E-state index contributed by atoms with van der Waals surface area (Å²) in [5, 5.41) is 5.14. The maximum atomic E-state index is 12.4. The first-order valence-electron chi connectivity index (χ1n) is 9.41. The molecule has 0 aliphatic rings. The molecule has 1 unspecified atom stereocenters. The maximum absolute atomic E-state index is 12.4. The largest absolute Gasteiger partial charge is 0.494 e. The van der Waals surface area contributed by atoms with Gasteiger partial charge >= 0.3 is 6.03 Å². The van der Waals surface area contributed by atoms with Gasteiger partial charge in [-0.1, -0.05) is 29.8 Å². The number of rotatable bonds is 7. The Bertz CT molecular complexity index is 818. The van der Waals surface area contributed by atoms with Crippen molar-refractivity contribution in [3.63, 3.8) is 0 Å². The van der Waals surface area contributed by atoms with Crippen LogP contribution < -0.4 is 15.4 Å². The van der Waals surface area contributed by atoms with Crippen molar-refractivity contribution in [1.29, 1.82) is 0 Å². The Kier molecular flexibility index (Phi) is 7.58. The number of carbonyl (C=O) groups is 2. The van der Waals surface area contributed by atoms with Crippen molar-refractivity contribution in [2.24, 2.45) is 0 Å². The number of ether oxygens (including phenoxy) is 1. The molecule has 0 aromatic heterocycles. The van der Waals surface area contributed by atoms with Gasteiger partial charge in [-0.05, 0) is 64.1 Å². The van der Waals surface area contributed by atoms with E-state index in [1.54, 1.807) is 6.92 Å². The fraction of sp³-hybridized carbons (Fsp3) is 0.364. The minimum Gasteiger partial charge on any atom is -0.494 e. The molecule has 0 spiro atoms. The first kappa shape index (κ1) is 21.4. The van der Waals surface area contributed by atoms with Gasteiger partial charge in [0.25, 0.3) is 0 Å². The molecule has 28 heavy (non-hydrogen) atoms.